The van der Waals surface area contributed by atoms with Crippen LogP contribution < -0.4 is 15.4 Å². The van der Waals surface area contributed by atoms with E-state index in [1.54, 1.807) is 13.4 Å². The van der Waals surface area contributed by atoms with Crippen molar-refractivity contribution in [1.82, 2.24) is 10.6 Å². The first kappa shape index (κ1) is 22.8. The van der Waals surface area contributed by atoms with Crippen LogP contribution in [0.2, 0.25) is 0 Å². The van der Waals surface area contributed by atoms with Gasteiger partial charge in [-0.1, -0.05) is 48.5 Å². The maximum atomic E-state index is 5.43. The van der Waals surface area contributed by atoms with Gasteiger partial charge in [-0.15, -0.1) is 24.0 Å². The third kappa shape index (κ3) is 7.81. The lowest BCUT2D eigenvalue weighted by Crippen LogP contribution is -2.39. The second-order valence-corrected chi connectivity index (χ2v) is 6.40. The summed E-state index contributed by atoms with van der Waals surface area (Å²) in [6.07, 6.45) is 3.37. The average molecular weight is 505 g/mol. The molecule has 0 amide bonds. The number of para-hydroxylation sites is 1. The summed E-state index contributed by atoms with van der Waals surface area (Å²) in [5, 5.41) is 6.81. The van der Waals surface area contributed by atoms with Gasteiger partial charge < -0.3 is 19.8 Å². The van der Waals surface area contributed by atoms with Gasteiger partial charge >= 0.3 is 0 Å². The van der Waals surface area contributed by atoms with Crippen molar-refractivity contribution in [2.45, 2.75) is 19.4 Å². The molecule has 0 aliphatic rings. The Morgan fingerprint density at radius 1 is 0.897 bits per heavy atom. The van der Waals surface area contributed by atoms with E-state index in [-0.39, 0.29) is 24.0 Å². The smallest absolute Gasteiger partial charge is 0.191 e. The highest BCUT2D eigenvalue weighted by Crippen LogP contribution is 2.17. The van der Waals surface area contributed by atoms with Crippen molar-refractivity contribution in [3.8, 4) is 5.75 Å². The fourth-order valence-electron chi connectivity index (χ4n) is 2.91. The molecule has 0 radical (unpaired) electrons. The highest BCUT2D eigenvalue weighted by Gasteiger charge is 2.04. The van der Waals surface area contributed by atoms with Crippen molar-refractivity contribution in [1.29, 1.82) is 0 Å². The van der Waals surface area contributed by atoms with Gasteiger partial charge in [-0.25, -0.2) is 4.99 Å². The molecular weight excluding hydrogens is 477 g/mol. The highest BCUT2D eigenvalue weighted by atomic mass is 127. The second kappa shape index (κ2) is 12.9. The van der Waals surface area contributed by atoms with E-state index in [2.05, 4.69) is 28.8 Å². The Labute approximate surface area is 189 Å². The molecule has 29 heavy (non-hydrogen) atoms. The zero-order valence-electron chi connectivity index (χ0n) is 16.6. The Balaban J connectivity index is 0.00000300. The molecule has 3 rings (SSSR count). The minimum Gasteiger partial charge on any atom is -0.496 e. The Kier molecular flexibility index (Phi) is 10.1. The van der Waals surface area contributed by atoms with E-state index in [0.29, 0.717) is 6.54 Å². The van der Waals surface area contributed by atoms with Gasteiger partial charge in [0.2, 0.25) is 0 Å². The maximum Gasteiger partial charge on any atom is 0.191 e. The monoisotopic (exact) mass is 505 g/mol. The summed E-state index contributed by atoms with van der Waals surface area (Å²) < 4.78 is 10.8. The summed E-state index contributed by atoms with van der Waals surface area (Å²) in [4.78, 5) is 4.72. The first-order valence-corrected chi connectivity index (χ1v) is 9.55. The molecule has 0 spiro atoms. The van der Waals surface area contributed by atoms with Gasteiger partial charge in [0.15, 0.2) is 5.96 Å². The van der Waals surface area contributed by atoms with Crippen LogP contribution in [0.25, 0.3) is 0 Å². The maximum absolute atomic E-state index is 5.43. The number of furan rings is 1. The molecule has 1 aromatic heterocycles. The van der Waals surface area contributed by atoms with Crippen LogP contribution in [0.5, 0.6) is 5.75 Å². The summed E-state index contributed by atoms with van der Waals surface area (Å²) in [5.41, 5.74) is 2.36. The summed E-state index contributed by atoms with van der Waals surface area (Å²) >= 11 is 0. The molecule has 0 atom stereocenters. The molecule has 0 saturated carbocycles. The van der Waals surface area contributed by atoms with Crippen LogP contribution in [0.1, 0.15) is 16.9 Å². The molecule has 2 aromatic carbocycles. The predicted molar refractivity (Wildman–Crippen MR) is 128 cm³/mol. The van der Waals surface area contributed by atoms with Crippen LogP contribution >= 0.6 is 24.0 Å². The lowest BCUT2D eigenvalue weighted by atomic mass is 10.1. The summed E-state index contributed by atoms with van der Waals surface area (Å²) in [6, 6.07) is 22.2. The minimum absolute atomic E-state index is 0. The standard InChI is InChI=1S/C23H27N3O2.HI/c1-27-22-12-6-5-10-20(22)13-15-24-23(25-16-14-21-11-7-17-28-21)26-18-19-8-3-2-4-9-19;/h2-12,17H,13-16,18H2,1H3,(H2,24,25,26);1H. The minimum atomic E-state index is 0. The number of rotatable bonds is 9. The molecule has 0 bridgehead atoms. The third-order valence-electron chi connectivity index (χ3n) is 4.39. The summed E-state index contributed by atoms with van der Waals surface area (Å²) in [6.45, 7) is 2.15. The molecular formula is C23H28IN3O2. The SMILES string of the molecule is COc1ccccc1CCNC(=NCc1ccccc1)NCCc1ccco1.I. The number of ether oxygens (including phenoxy) is 1. The van der Waals surface area contributed by atoms with E-state index in [1.165, 1.54) is 11.1 Å². The third-order valence-corrected chi connectivity index (χ3v) is 4.39. The fraction of sp³-hybridized carbons (Fsp3) is 0.261. The van der Waals surface area contributed by atoms with E-state index in [4.69, 9.17) is 14.1 Å². The number of methoxy groups -OCH3 is 1. The first-order valence-electron chi connectivity index (χ1n) is 9.55. The van der Waals surface area contributed by atoms with Crippen molar-refractivity contribution in [2.24, 2.45) is 4.99 Å². The first-order chi connectivity index (χ1) is 13.8. The number of hydrogen-bond donors (Lipinski definition) is 2. The van der Waals surface area contributed by atoms with Crippen LogP contribution in [0.3, 0.4) is 0 Å². The molecule has 154 valence electrons. The molecule has 0 saturated heterocycles. The van der Waals surface area contributed by atoms with E-state index in [9.17, 15) is 0 Å². The second-order valence-electron chi connectivity index (χ2n) is 6.40. The quantitative estimate of drug-likeness (QED) is 0.257. The fourth-order valence-corrected chi connectivity index (χ4v) is 2.91. The van der Waals surface area contributed by atoms with Crippen molar-refractivity contribution in [3.05, 3.63) is 89.9 Å². The molecule has 2 N–H and O–H groups in total. The Morgan fingerprint density at radius 2 is 1.62 bits per heavy atom. The highest BCUT2D eigenvalue weighted by molar-refractivity contribution is 14.0. The van der Waals surface area contributed by atoms with E-state index in [0.717, 1.165) is 43.4 Å². The lowest BCUT2D eigenvalue weighted by Gasteiger charge is -2.13. The lowest BCUT2D eigenvalue weighted by molar-refractivity contribution is 0.409. The van der Waals surface area contributed by atoms with Gasteiger partial charge in [-0.05, 0) is 35.7 Å². The molecule has 0 aliphatic heterocycles. The molecule has 0 fully saturated rings. The molecule has 6 heteroatoms. The zero-order valence-corrected chi connectivity index (χ0v) is 19.0. The summed E-state index contributed by atoms with van der Waals surface area (Å²) in [5.74, 6) is 2.67. The molecule has 0 aliphatic carbocycles. The van der Waals surface area contributed by atoms with Crippen molar-refractivity contribution in [2.75, 3.05) is 20.2 Å². The van der Waals surface area contributed by atoms with Gasteiger partial charge in [0.1, 0.15) is 11.5 Å². The van der Waals surface area contributed by atoms with Gasteiger partial charge in [-0.2, -0.15) is 0 Å². The zero-order chi connectivity index (χ0) is 19.4. The van der Waals surface area contributed by atoms with Gasteiger partial charge in [0, 0.05) is 19.5 Å². The molecule has 3 aromatic rings. The van der Waals surface area contributed by atoms with Crippen LogP contribution in [0.4, 0.5) is 0 Å². The van der Waals surface area contributed by atoms with Crippen LogP contribution in [0, 0.1) is 0 Å². The van der Waals surface area contributed by atoms with Crippen LogP contribution in [-0.2, 0) is 19.4 Å². The predicted octanol–water partition coefficient (Wildman–Crippen LogP) is 4.43. The summed E-state index contributed by atoms with van der Waals surface area (Å²) in [7, 11) is 1.70. The average Bonchev–Trinajstić information content (AvgIpc) is 3.26. The number of nitrogens with zero attached hydrogens (tertiary/aromatic N) is 1. The Morgan fingerprint density at radius 3 is 2.34 bits per heavy atom. The number of aliphatic imine (C=N–C) groups is 1. The van der Waals surface area contributed by atoms with E-state index < -0.39 is 0 Å². The Bertz CT molecular complexity index is 852. The largest absolute Gasteiger partial charge is 0.496 e. The van der Waals surface area contributed by atoms with E-state index in [1.807, 2.05) is 48.5 Å². The van der Waals surface area contributed by atoms with Crippen molar-refractivity contribution < 1.29 is 9.15 Å². The topological polar surface area (TPSA) is 58.8 Å². The van der Waals surface area contributed by atoms with Gasteiger partial charge in [0.25, 0.3) is 0 Å². The van der Waals surface area contributed by atoms with Gasteiger partial charge in [0.05, 0.1) is 19.9 Å². The number of halogens is 1. The number of hydrogen-bond acceptors (Lipinski definition) is 3. The number of nitrogens with one attached hydrogen (secondary N) is 2. The van der Waals surface area contributed by atoms with E-state index >= 15 is 0 Å². The van der Waals surface area contributed by atoms with Crippen molar-refractivity contribution >= 4 is 29.9 Å². The molecule has 1 heterocycles. The van der Waals surface area contributed by atoms with Gasteiger partial charge in [-0.3, -0.25) is 0 Å². The number of benzene rings is 2. The number of guanidine groups is 1. The van der Waals surface area contributed by atoms with Crippen LogP contribution in [-0.4, -0.2) is 26.2 Å². The Hall–Kier alpha value is -2.48. The van der Waals surface area contributed by atoms with Crippen molar-refractivity contribution in [3.63, 3.8) is 0 Å². The van der Waals surface area contributed by atoms with Crippen LogP contribution in [0.15, 0.2) is 82.4 Å². The molecule has 5 nitrogen and oxygen atoms in total. The normalized spacial score (nSPS) is 10.9. The molecule has 0 unspecified atom stereocenters.